The van der Waals surface area contributed by atoms with Crippen molar-refractivity contribution in [3.05, 3.63) is 89.2 Å². The number of hydrogen-bond acceptors (Lipinski definition) is 3. The molecule has 0 unspecified atom stereocenters. The molecule has 0 spiro atoms. The zero-order valence-electron chi connectivity index (χ0n) is 16.4. The summed E-state index contributed by atoms with van der Waals surface area (Å²) in [5.41, 5.74) is 1.06. The molecule has 5 nitrogen and oxygen atoms in total. The topological polar surface area (TPSA) is 66.8 Å². The van der Waals surface area contributed by atoms with Crippen molar-refractivity contribution in [2.75, 3.05) is 19.7 Å². The van der Waals surface area contributed by atoms with Crippen molar-refractivity contribution in [3.8, 4) is 16.9 Å². The highest BCUT2D eigenvalue weighted by Crippen LogP contribution is 2.33. The van der Waals surface area contributed by atoms with Gasteiger partial charge in [-0.15, -0.1) is 0 Å². The van der Waals surface area contributed by atoms with Crippen LogP contribution in [0, 0.1) is 11.2 Å². The number of carbonyl (C=O) groups is 2. The number of ether oxygens (including phenoxy) is 1. The molecule has 1 aliphatic heterocycles. The van der Waals surface area contributed by atoms with Gasteiger partial charge in [-0.05, 0) is 59.7 Å². The van der Waals surface area contributed by atoms with Crippen molar-refractivity contribution < 1.29 is 23.8 Å². The zero-order valence-corrected chi connectivity index (χ0v) is 17.2. The number of aliphatic carboxylic acids is 1. The first-order chi connectivity index (χ1) is 14.9. The van der Waals surface area contributed by atoms with Gasteiger partial charge in [0, 0.05) is 23.7 Å². The third-order valence-corrected chi connectivity index (χ3v) is 5.62. The highest BCUT2D eigenvalue weighted by atomic mass is 35.5. The molecule has 1 aliphatic rings. The van der Waals surface area contributed by atoms with Crippen LogP contribution in [0.15, 0.2) is 72.8 Å². The molecule has 0 aromatic heterocycles. The molecule has 1 N–H and O–H groups in total. The molecule has 1 heterocycles. The van der Waals surface area contributed by atoms with E-state index in [0.29, 0.717) is 16.3 Å². The third kappa shape index (κ3) is 4.39. The van der Waals surface area contributed by atoms with E-state index in [9.17, 15) is 19.1 Å². The molecule has 158 valence electrons. The van der Waals surface area contributed by atoms with E-state index in [1.54, 1.807) is 48.5 Å². The highest BCUT2D eigenvalue weighted by Gasteiger charge is 2.52. The lowest BCUT2D eigenvalue weighted by Crippen LogP contribution is -2.64. The Labute approximate surface area is 183 Å². The minimum absolute atomic E-state index is 0.0530. The minimum Gasteiger partial charge on any atom is -0.492 e. The Balaban J connectivity index is 1.38. The maximum absolute atomic E-state index is 13.1. The van der Waals surface area contributed by atoms with Gasteiger partial charge < -0.3 is 14.7 Å². The smallest absolute Gasteiger partial charge is 0.316 e. The summed E-state index contributed by atoms with van der Waals surface area (Å²) >= 11 is 5.85. The van der Waals surface area contributed by atoms with Crippen molar-refractivity contribution in [2.24, 2.45) is 5.41 Å². The van der Waals surface area contributed by atoms with Crippen LogP contribution in [0.25, 0.3) is 11.1 Å². The number of rotatable bonds is 6. The number of benzene rings is 3. The Morgan fingerprint density at radius 1 is 0.935 bits per heavy atom. The second-order valence-corrected chi connectivity index (χ2v) is 8.01. The Bertz CT molecular complexity index is 1090. The maximum Gasteiger partial charge on any atom is 0.316 e. The Kier molecular flexibility index (Phi) is 5.65. The van der Waals surface area contributed by atoms with E-state index in [2.05, 4.69) is 0 Å². The molecule has 0 aliphatic carbocycles. The van der Waals surface area contributed by atoms with Gasteiger partial charge in [-0.2, -0.15) is 0 Å². The van der Waals surface area contributed by atoms with Crippen LogP contribution >= 0.6 is 11.6 Å². The van der Waals surface area contributed by atoms with Gasteiger partial charge in [0.2, 0.25) is 0 Å². The van der Waals surface area contributed by atoms with Crippen LogP contribution in [0.1, 0.15) is 10.4 Å². The molecule has 0 saturated carbocycles. The van der Waals surface area contributed by atoms with Gasteiger partial charge in [0.1, 0.15) is 23.6 Å². The summed E-state index contributed by atoms with van der Waals surface area (Å²) in [6.45, 7) is 0.0809. The molecule has 1 saturated heterocycles. The minimum atomic E-state index is -1.16. The normalized spacial score (nSPS) is 14.6. The summed E-state index contributed by atoms with van der Waals surface area (Å²) in [6, 6.07) is 19.8. The van der Waals surface area contributed by atoms with Crippen LogP contribution in [0.5, 0.6) is 5.75 Å². The molecule has 4 rings (SSSR count). The van der Waals surface area contributed by atoms with Crippen LogP contribution < -0.4 is 4.74 Å². The van der Waals surface area contributed by atoms with Crippen LogP contribution in [0.3, 0.4) is 0 Å². The molecule has 0 radical (unpaired) electrons. The number of amides is 1. The van der Waals surface area contributed by atoms with Gasteiger partial charge in [-0.3, -0.25) is 9.59 Å². The van der Waals surface area contributed by atoms with Gasteiger partial charge in [0.15, 0.2) is 0 Å². The number of hydrogen-bond donors (Lipinski definition) is 1. The third-order valence-electron chi connectivity index (χ3n) is 5.37. The molecule has 7 heteroatoms. The average Bonchev–Trinajstić information content (AvgIpc) is 2.74. The molecule has 0 bridgehead atoms. The van der Waals surface area contributed by atoms with Crippen LogP contribution in [-0.2, 0) is 4.79 Å². The van der Waals surface area contributed by atoms with E-state index in [1.807, 2.05) is 12.1 Å². The van der Waals surface area contributed by atoms with E-state index in [1.165, 1.54) is 17.0 Å². The average molecular weight is 440 g/mol. The predicted octanol–water partition coefficient (Wildman–Crippen LogP) is 4.75. The first-order valence-electron chi connectivity index (χ1n) is 9.63. The lowest BCUT2D eigenvalue weighted by atomic mass is 9.80. The number of halogens is 2. The Morgan fingerprint density at radius 2 is 1.48 bits per heavy atom. The number of carbonyl (C=O) groups excluding carboxylic acids is 1. The van der Waals surface area contributed by atoms with E-state index in [4.69, 9.17) is 16.3 Å². The van der Waals surface area contributed by atoms with Gasteiger partial charge in [-0.25, -0.2) is 4.39 Å². The first kappa shape index (κ1) is 20.9. The molecule has 0 atom stereocenters. The number of carboxylic acids is 1. The molecular formula is C24H19ClFNO4. The molecule has 3 aromatic rings. The summed E-state index contributed by atoms with van der Waals surface area (Å²) in [6.07, 6.45) is 0. The SMILES string of the molecule is O=C(c1ccc(Cl)cc1)N1CC(COc2ccc(-c3ccc(F)cc3)cc2)(C(=O)O)C1. The van der Waals surface area contributed by atoms with Gasteiger partial charge in [0.25, 0.3) is 5.91 Å². The van der Waals surface area contributed by atoms with E-state index >= 15 is 0 Å². The van der Waals surface area contributed by atoms with Crippen molar-refractivity contribution in [1.29, 1.82) is 0 Å². The molecule has 3 aromatic carbocycles. The quantitative estimate of drug-likeness (QED) is 0.601. The fourth-order valence-electron chi connectivity index (χ4n) is 3.50. The second kappa shape index (κ2) is 8.40. The lowest BCUT2D eigenvalue weighted by Gasteiger charge is -2.46. The van der Waals surface area contributed by atoms with Gasteiger partial charge in [0.05, 0.1) is 0 Å². The van der Waals surface area contributed by atoms with Gasteiger partial charge >= 0.3 is 5.97 Å². The lowest BCUT2D eigenvalue weighted by molar-refractivity contribution is -0.161. The molecule has 1 amide bonds. The molecule has 1 fully saturated rings. The van der Waals surface area contributed by atoms with E-state index < -0.39 is 11.4 Å². The fourth-order valence-corrected chi connectivity index (χ4v) is 3.62. The fraction of sp³-hybridized carbons (Fsp3) is 0.167. The summed E-state index contributed by atoms with van der Waals surface area (Å²) < 4.78 is 18.8. The summed E-state index contributed by atoms with van der Waals surface area (Å²) in [4.78, 5) is 25.9. The standard InChI is InChI=1S/C24H19ClFNO4/c25-19-7-1-18(2-8-19)22(28)27-13-24(14-27,23(29)30)15-31-21-11-5-17(6-12-21)16-3-9-20(26)10-4-16/h1-12H,13-15H2,(H,29,30). The summed E-state index contributed by atoms with van der Waals surface area (Å²) in [7, 11) is 0. The van der Waals surface area contributed by atoms with Gasteiger partial charge in [-0.1, -0.05) is 35.9 Å². The highest BCUT2D eigenvalue weighted by molar-refractivity contribution is 6.30. The summed E-state index contributed by atoms with van der Waals surface area (Å²) in [5, 5.41) is 10.2. The Morgan fingerprint density at radius 3 is 2.03 bits per heavy atom. The van der Waals surface area contributed by atoms with Crippen LogP contribution in [0.4, 0.5) is 4.39 Å². The predicted molar refractivity (Wildman–Crippen MR) is 115 cm³/mol. The maximum atomic E-state index is 13.1. The Hall–Kier alpha value is -3.38. The van der Waals surface area contributed by atoms with Crippen molar-refractivity contribution in [1.82, 2.24) is 4.90 Å². The number of likely N-dealkylation sites (tertiary alicyclic amines) is 1. The molecule has 31 heavy (non-hydrogen) atoms. The number of carboxylic acid groups (broad SMARTS) is 1. The number of nitrogens with zero attached hydrogens (tertiary/aromatic N) is 1. The van der Waals surface area contributed by atoms with E-state index in [-0.39, 0.29) is 31.4 Å². The van der Waals surface area contributed by atoms with Crippen molar-refractivity contribution >= 4 is 23.5 Å². The van der Waals surface area contributed by atoms with Crippen molar-refractivity contribution in [2.45, 2.75) is 0 Å². The molecular weight excluding hydrogens is 421 g/mol. The van der Waals surface area contributed by atoms with Crippen LogP contribution in [0.2, 0.25) is 5.02 Å². The zero-order chi connectivity index (χ0) is 22.0. The first-order valence-corrected chi connectivity index (χ1v) is 10.0. The van der Waals surface area contributed by atoms with Crippen molar-refractivity contribution in [3.63, 3.8) is 0 Å². The van der Waals surface area contributed by atoms with E-state index in [0.717, 1.165) is 11.1 Å². The summed E-state index contributed by atoms with van der Waals surface area (Å²) in [5.74, 6) is -1.02. The van der Waals surface area contributed by atoms with Crippen LogP contribution in [-0.4, -0.2) is 41.6 Å². The monoisotopic (exact) mass is 439 g/mol. The largest absolute Gasteiger partial charge is 0.492 e. The second-order valence-electron chi connectivity index (χ2n) is 7.57.